The minimum absolute atomic E-state index is 0.0469. The van der Waals surface area contributed by atoms with Crippen molar-refractivity contribution in [3.63, 3.8) is 0 Å². The lowest BCUT2D eigenvalue weighted by molar-refractivity contribution is -0.130. The van der Waals surface area contributed by atoms with Crippen molar-refractivity contribution in [3.05, 3.63) is 0 Å². The van der Waals surface area contributed by atoms with Gasteiger partial charge in [-0.25, -0.2) is 0 Å². The summed E-state index contributed by atoms with van der Waals surface area (Å²) in [4.78, 5) is 43.3. The van der Waals surface area contributed by atoms with E-state index in [1.54, 1.807) is 0 Å². The predicted molar refractivity (Wildman–Crippen MR) is 61.8 cm³/mol. The number of hydrogen-bond acceptors (Lipinski definition) is 6. The molecule has 0 aliphatic heterocycles. The summed E-state index contributed by atoms with van der Waals surface area (Å²) >= 11 is 0. The molecular weight excluding hydrogens is 240 g/mol. The summed E-state index contributed by atoms with van der Waals surface area (Å²) in [5.74, 6) is -1.77. The summed E-state index contributed by atoms with van der Waals surface area (Å²) in [5, 5.41) is 18.1. The lowest BCUT2D eigenvalue weighted by Gasteiger charge is -2.10. The molecule has 102 valence electrons. The number of carbonyl (C=O) groups excluding carboxylic acids is 4. The molecule has 0 aromatic heterocycles. The van der Waals surface area contributed by atoms with Crippen molar-refractivity contribution >= 4 is 24.1 Å². The molecule has 0 amide bonds. The summed E-state index contributed by atoms with van der Waals surface area (Å²) in [7, 11) is 0. The molecule has 0 spiro atoms. The highest BCUT2D eigenvalue weighted by Gasteiger charge is 2.20. The normalized spacial score (nSPS) is 13.7. The molecule has 0 bridgehead atoms. The van der Waals surface area contributed by atoms with Gasteiger partial charge in [0.25, 0.3) is 0 Å². The number of aliphatic hydroxyl groups excluding tert-OH is 2. The first-order valence-corrected chi connectivity index (χ1v) is 5.80. The first-order chi connectivity index (χ1) is 8.56. The molecule has 2 atom stereocenters. The third kappa shape index (κ3) is 6.36. The number of carbonyl (C=O) groups is 4. The molecule has 6 heteroatoms. The summed E-state index contributed by atoms with van der Waals surface area (Å²) in [6.45, 7) is -0.268. The SMILES string of the molecule is O=CCCC(=O)C(O)CCC(=O)C(C=O)CCO. The third-order valence-corrected chi connectivity index (χ3v) is 2.56. The molecule has 0 aliphatic carbocycles. The highest BCUT2D eigenvalue weighted by atomic mass is 16.3. The van der Waals surface area contributed by atoms with E-state index < -0.39 is 23.6 Å². The zero-order chi connectivity index (χ0) is 14.0. The molecular formula is C12H18O6. The average Bonchev–Trinajstić information content (AvgIpc) is 2.38. The van der Waals surface area contributed by atoms with Gasteiger partial charge in [-0.3, -0.25) is 9.59 Å². The van der Waals surface area contributed by atoms with Gasteiger partial charge < -0.3 is 19.8 Å². The maximum atomic E-state index is 11.5. The highest BCUT2D eigenvalue weighted by molar-refractivity contribution is 5.93. The van der Waals surface area contributed by atoms with E-state index in [1.165, 1.54) is 0 Å². The van der Waals surface area contributed by atoms with Gasteiger partial charge in [-0.1, -0.05) is 0 Å². The number of hydrogen-bond donors (Lipinski definition) is 2. The van der Waals surface area contributed by atoms with Crippen LogP contribution in [-0.4, -0.2) is 47.1 Å². The molecule has 18 heavy (non-hydrogen) atoms. The van der Waals surface area contributed by atoms with Crippen LogP contribution in [0.25, 0.3) is 0 Å². The van der Waals surface area contributed by atoms with Crippen molar-refractivity contribution in [2.24, 2.45) is 5.92 Å². The van der Waals surface area contributed by atoms with E-state index in [0.717, 1.165) is 0 Å². The first-order valence-electron chi connectivity index (χ1n) is 5.80. The Morgan fingerprint density at radius 1 is 1.06 bits per heavy atom. The van der Waals surface area contributed by atoms with Gasteiger partial charge in [-0.05, 0) is 12.8 Å². The van der Waals surface area contributed by atoms with Gasteiger partial charge in [0.05, 0.1) is 5.92 Å². The van der Waals surface area contributed by atoms with Crippen LogP contribution < -0.4 is 0 Å². The van der Waals surface area contributed by atoms with Gasteiger partial charge in [0, 0.05) is 25.9 Å². The Morgan fingerprint density at radius 3 is 2.22 bits per heavy atom. The topological polar surface area (TPSA) is 109 Å². The Hall–Kier alpha value is -1.40. The second-order valence-corrected chi connectivity index (χ2v) is 3.95. The maximum Gasteiger partial charge on any atom is 0.161 e. The van der Waals surface area contributed by atoms with Crippen LogP contribution in [0, 0.1) is 5.92 Å². The molecule has 0 radical (unpaired) electrons. The maximum absolute atomic E-state index is 11.5. The monoisotopic (exact) mass is 258 g/mol. The van der Waals surface area contributed by atoms with Crippen LogP contribution in [0.4, 0.5) is 0 Å². The quantitative estimate of drug-likeness (QED) is 0.380. The minimum atomic E-state index is -1.28. The Kier molecular flexibility index (Phi) is 8.86. The van der Waals surface area contributed by atoms with Gasteiger partial charge in [0.1, 0.15) is 24.5 Å². The van der Waals surface area contributed by atoms with Crippen LogP contribution in [0.3, 0.4) is 0 Å². The van der Waals surface area contributed by atoms with Crippen molar-refractivity contribution < 1.29 is 29.4 Å². The number of ketones is 2. The van der Waals surface area contributed by atoms with Crippen molar-refractivity contribution in [1.29, 1.82) is 0 Å². The summed E-state index contributed by atoms with van der Waals surface area (Å²) in [5.41, 5.74) is 0. The second-order valence-electron chi connectivity index (χ2n) is 3.95. The molecule has 2 unspecified atom stereocenters. The van der Waals surface area contributed by atoms with Gasteiger partial charge >= 0.3 is 0 Å². The molecule has 2 N–H and O–H groups in total. The van der Waals surface area contributed by atoms with E-state index in [-0.39, 0.29) is 38.7 Å². The fraction of sp³-hybridized carbons (Fsp3) is 0.667. The van der Waals surface area contributed by atoms with E-state index in [9.17, 15) is 24.3 Å². The molecule has 0 saturated heterocycles. The lowest BCUT2D eigenvalue weighted by atomic mass is 9.96. The van der Waals surface area contributed by atoms with Crippen LogP contribution in [0.1, 0.15) is 32.1 Å². The predicted octanol–water partition coefficient (Wildman–Crippen LogP) is -0.558. The van der Waals surface area contributed by atoms with Gasteiger partial charge in [-0.15, -0.1) is 0 Å². The van der Waals surface area contributed by atoms with Crippen LogP contribution in [0.15, 0.2) is 0 Å². The van der Waals surface area contributed by atoms with Crippen LogP contribution in [0.5, 0.6) is 0 Å². The van der Waals surface area contributed by atoms with E-state index in [4.69, 9.17) is 5.11 Å². The van der Waals surface area contributed by atoms with Crippen LogP contribution in [-0.2, 0) is 19.2 Å². The Labute approximate surface area is 105 Å². The van der Waals surface area contributed by atoms with E-state index in [1.807, 2.05) is 0 Å². The molecule has 0 rings (SSSR count). The molecule has 0 fully saturated rings. The molecule has 0 aromatic rings. The summed E-state index contributed by atoms with van der Waals surface area (Å²) in [6, 6.07) is 0. The zero-order valence-electron chi connectivity index (χ0n) is 10.1. The second kappa shape index (κ2) is 9.61. The number of aldehydes is 2. The fourth-order valence-corrected chi connectivity index (χ4v) is 1.44. The first kappa shape index (κ1) is 16.6. The van der Waals surface area contributed by atoms with Crippen LogP contribution in [0.2, 0.25) is 0 Å². The average molecular weight is 258 g/mol. The van der Waals surface area contributed by atoms with Crippen LogP contribution >= 0.6 is 0 Å². The Bertz CT molecular complexity index is 299. The van der Waals surface area contributed by atoms with Crippen molar-refractivity contribution in [2.75, 3.05) is 6.61 Å². The molecule has 0 aromatic carbocycles. The van der Waals surface area contributed by atoms with Gasteiger partial charge in [0.15, 0.2) is 5.78 Å². The Morgan fingerprint density at radius 2 is 1.72 bits per heavy atom. The van der Waals surface area contributed by atoms with Gasteiger partial charge in [-0.2, -0.15) is 0 Å². The fourth-order valence-electron chi connectivity index (χ4n) is 1.44. The smallest absolute Gasteiger partial charge is 0.161 e. The molecule has 0 heterocycles. The largest absolute Gasteiger partial charge is 0.396 e. The minimum Gasteiger partial charge on any atom is -0.396 e. The number of aliphatic hydroxyl groups is 2. The van der Waals surface area contributed by atoms with Gasteiger partial charge in [0.2, 0.25) is 0 Å². The third-order valence-electron chi connectivity index (χ3n) is 2.56. The van der Waals surface area contributed by atoms with E-state index in [0.29, 0.717) is 12.6 Å². The summed E-state index contributed by atoms with van der Waals surface area (Å²) < 4.78 is 0. The zero-order valence-corrected chi connectivity index (χ0v) is 10.1. The van der Waals surface area contributed by atoms with E-state index in [2.05, 4.69) is 0 Å². The Balaban J connectivity index is 4.06. The number of rotatable bonds is 11. The summed E-state index contributed by atoms with van der Waals surface area (Å²) in [6.07, 6.45) is -0.354. The molecule has 0 aliphatic rings. The van der Waals surface area contributed by atoms with E-state index >= 15 is 0 Å². The lowest BCUT2D eigenvalue weighted by Crippen LogP contribution is -2.24. The van der Waals surface area contributed by atoms with Crippen molar-refractivity contribution in [2.45, 2.75) is 38.2 Å². The van der Waals surface area contributed by atoms with Crippen molar-refractivity contribution in [1.82, 2.24) is 0 Å². The highest BCUT2D eigenvalue weighted by Crippen LogP contribution is 2.09. The standard InChI is InChI=1S/C12H18O6/c13-6-1-2-11(17)12(18)4-3-10(16)9(8-15)5-7-14/h6,8-9,12,14,18H,1-5,7H2. The molecule has 6 nitrogen and oxygen atoms in total. The number of Topliss-reactive ketones (excluding diaryl/α,β-unsaturated/α-hetero) is 2. The van der Waals surface area contributed by atoms with Crippen molar-refractivity contribution in [3.8, 4) is 0 Å². The molecule has 0 saturated carbocycles.